The van der Waals surface area contributed by atoms with E-state index in [1.54, 1.807) is 18.2 Å². The van der Waals surface area contributed by atoms with Crippen molar-refractivity contribution >= 4 is 29.1 Å². The molecule has 142 valence electrons. The van der Waals surface area contributed by atoms with Gasteiger partial charge in [-0.3, -0.25) is 4.79 Å². The van der Waals surface area contributed by atoms with Crippen LogP contribution < -0.4 is 20.1 Å². The number of halogens is 1. The molecule has 4 rings (SSSR count). The highest BCUT2D eigenvalue weighted by Crippen LogP contribution is 2.34. The zero-order valence-electron chi connectivity index (χ0n) is 14.8. The van der Waals surface area contributed by atoms with Crippen molar-refractivity contribution in [2.24, 2.45) is 0 Å². The smallest absolute Gasteiger partial charge is 0.258 e. The van der Waals surface area contributed by atoms with Gasteiger partial charge >= 0.3 is 0 Å². The summed E-state index contributed by atoms with van der Waals surface area (Å²) in [5, 5.41) is 6.64. The molecule has 0 spiro atoms. The number of carbonyl (C=O) groups is 1. The SMILES string of the molecule is O=C(Nc1ccc2c(c1)OCO2)c1cnc(NCCc2ccc(Cl)cc2)nc1. The Morgan fingerprint density at radius 3 is 2.57 bits per heavy atom. The molecule has 0 saturated carbocycles. The fourth-order valence-electron chi connectivity index (χ4n) is 2.68. The molecule has 1 aromatic heterocycles. The number of carbonyl (C=O) groups excluding carboxylic acids is 1. The van der Waals surface area contributed by atoms with Crippen molar-refractivity contribution in [1.29, 1.82) is 0 Å². The lowest BCUT2D eigenvalue weighted by Gasteiger charge is -2.07. The van der Waals surface area contributed by atoms with Gasteiger partial charge in [0, 0.05) is 35.7 Å². The Balaban J connectivity index is 1.31. The number of nitrogens with one attached hydrogen (secondary N) is 2. The first-order valence-corrected chi connectivity index (χ1v) is 9.06. The van der Waals surface area contributed by atoms with Gasteiger partial charge in [0.05, 0.1) is 5.56 Å². The molecular weight excluding hydrogens is 380 g/mol. The minimum absolute atomic E-state index is 0.188. The molecule has 3 aromatic rings. The Kier molecular flexibility index (Phi) is 5.25. The van der Waals surface area contributed by atoms with E-state index < -0.39 is 0 Å². The van der Waals surface area contributed by atoms with Crippen LogP contribution in [0.3, 0.4) is 0 Å². The summed E-state index contributed by atoms with van der Waals surface area (Å²) in [5.74, 6) is 1.44. The second-order valence-corrected chi connectivity index (χ2v) is 6.56. The van der Waals surface area contributed by atoms with Crippen molar-refractivity contribution in [3.8, 4) is 11.5 Å². The van der Waals surface area contributed by atoms with E-state index >= 15 is 0 Å². The molecular formula is C20H17ClN4O3. The van der Waals surface area contributed by atoms with Crippen molar-refractivity contribution in [3.05, 3.63) is 71.0 Å². The molecule has 28 heavy (non-hydrogen) atoms. The van der Waals surface area contributed by atoms with Crippen LogP contribution in [0, 0.1) is 0 Å². The van der Waals surface area contributed by atoms with E-state index in [9.17, 15) is 4.79 Å². The van der Waals surface area contributed by atoms with E-state index in [2.05, 4.69) is 20.6 Å². The average Bonchev–Trinajstić information content (AvgIpc) is 3.18. The van der Waals surface area contributed by atoms with Crippen LogP contribution >= 0.6 is 11.6 Å². The predicted molar refractivity (Wildman–Crippen MR) is 106 cm³/mol. The minimum atomic E-state index is -0.299. The number of rotatable bonds is 6. The van der Waals surface area contributed by atoms with E-state index in [4.69, 9.17) is 21.1 Å². The zero-order chi connectivity index (χ0) is 19.3. The van der Waals surface area contributed by atoms with Gasteiger partial charge in [-0.05, 0) is 36.2 Å². The summed E-state index contributed by atoms with van der Waals surface area (Å²) in [6.45, 7) is 0.859. The number of fused-ring (bicyclic) bond motifs is 1. The van der Waals surface area contributed by atoms with Crippen molar-refractivity contribution in [1.82, 2.24) is 9.97 Å². The number of anilines is 2. The second-order valence-electron chi connectivity index (χ2n) is 6.12. The molecule has 2 heterocycles. The first-order chi connectivity index (χ1) is 13.7. The van der Waals surface area contributed by atoms with Crippen molar-refractivity contribution in [3.63, 3.8) is 0 Å². The summed E-state index contributed by atoms with van der Waals surface area (Å²) in [6, 6.07) is 12.9. The third-order valence-electron chi connectivity index (χ3n) is 4.15. The molecule has 0 saturated heterocycles. The molecule has 1 amide bonds. The van der Waals surface area contributed by atoms with E-state index in [1.165, 1.54) is 12.4 Å². The number of aromatic nitrogens is 2. The van der Waals surface area contributed by atoms with Crippen LogP contribution in [0.15, 0.2) is 54.9 Å². The molecule has 1 aliphatic heterocycles. The molecule has 0 aliphatic carbocycles. The van der Waals surface area contributed by atoms with Crippen molar-refractivity contribution in [2.45, 2.75) is 6.42 Å². The molecule has 2 N–H and O–H groups in total. The van der Waals surface area contributed by atoms with Crippen LogP contribution in [0.2, 0.25) is 5.02 Å². The number of hydrogen-bond donors (Lipinski definition) is 2. The summed E-state index contributed by atoms with van der Waals surface area (Å²) in [7, 11) is 0. The van der Waals surface area contributed by atoms with Gasteiger partial charge in [-0.15, -0.1) is 0 Å². The number of nitrogens with zero attached hydrogens (tertiary/aromatic N) is 2. The van der Waals surface area contributed by atoms with Crippen molar-refractivity contribution < 1.29 is 14.3 Å². The molecule has 0 unspecified atom stereocenters. The number of benzene rings is 2. The molecule has 7 nitrogen and oxygen atoms in total. The van der Waals surface area contributed by atoms with E-state index in [-0.39, 0.29) is 12.7 Å². The predicted octanol–water partition coefficient (Wildman–Crippen LogP) is 3.77. The lowest BCUT2D eigenvalue weighted by Crippen LogP contribution is -2.14. The van der Waals surface area contributed by atoms with Crippen LogP contribution in [0.25, 0.3) is 0 Å². The van der Waals surface area contributed by atoms with Crippen LogP contribution in [-0.2, 0) is 6.42 Å². The second kappa shape index (κ2) is 8.14. The summed E-state index contributed by atoms with van der Waals surface area (Å²) >= 11 is 5.88. The van der Waals surface area contributed by atoms with Gasteiger partial charge in [0.25, 0.3) is 5.91 Å². The molecule has 0 fully saturated rings. The normalized spacial score (nSPS) is 11.9. The third kappa shape index (κ3) is 4.32. The molecule has 0 atom stereocenters. The Morgan fingerprint density at radius 2 is 1.79 bits per heavy atom. The minimum Gasteiger partial charge on any atom is -0.454 e. The summed E-state index contributed by atoms with van der Waals surface area (Å²) in [5.41, 5.74) is 2.14. The van der Waals surface area contributed by atoms with Gasteiger partial charge in [0.15, 0.2) is 11.5 Å². The van der Waals surface area contributed by atoms with Crippen LogP contribution in [-0.4, -0.2) is 29.2 Å². The van der Waals surface area contributed by atoms with E-state index in [1.807, 2.05) is 24.3 Å². The lowest BCUT2D eigenvalue weighted by atomic mass is 10.1. The Bertz CT molecular complexity index is 978. The standard InChI is InChI=1S/C20H17ClN4O3/c21-15-3-1-13(2-4-15)7-8-22-20-23-10-14(11-24-20)19(26)25-16-5-6-17-18(9-16)28-12-27-17/h1-6,9-11H,7-8,12H2,(H,25,26)(H,22,23,24). The van der Waals surface area contributed by atoms with E-state index in [0.717, 1.165) is 17.0 Å². The number of ether oxygens (including phenoxy) is 2. The number of amides is 1. The average molecular weight is 397 g/mol. The van der Waals surface area contributed by atoms with Gasteiger partial charge in [0.1, 0.15) is 0 Å². The number of hydrogen-bond acceptors (Lipinski definition) is 6. The fourth-order valence-corrected chi connectivity index (χ4v) is 2.81. The summed E-state index contributed by atoms with van der Waals surface area (Å²) < 4.78 is 10.6. The first kappa shape index (κ1) is 18.1. The Labute approximate surface area is 166 Å². The maximum absolute atomic E-state index is 12.4. The summed E-state index contributed by atoms with van der Waals surface area (Å²) in [4.78, 5) is 20.7. The molecule has 1 aliphatic rings. The molecule has 0 bridgehead atoms. The van der Waals surface area contributed by atoms with Gasteiger partial charge in [0.2, 0.25) is 12.7 Å². The summed E-state index contributed by atoms with van der Waals surface area (Å²) in [6.07, 6.45) is 3.78. The molecule has 8 heteroatoms. The monoisotopic (exact) mass is 396 g/mol. The zero-order valence-corrected chi connectivity index (χ0v) is 15.6. The first-order valence-electron chi connectivity index (χ1n) is 8.69. The van der Waals surface area contributed by atoms with Crippen LogP contribution in [0.1, 0.15) is 15.9 Å². The molecule has 2 aromatic carbocycles. The van der Waals surface area contributed by atoms with Gasteiger partial charge in [-0.2, -0.15) is 0 Å². The Hall–Kier alpha value is -3.32. The maximum atomic E-state index is 12.4. The third-order valence-corrected chi connectivity index (χ3v) is 4.41. The highest BCUT2D eigenvalue weighted by Gasteiger charge is 2.15. The van der Waals surface area contributed by atoms with Crippen LogP contribution in [0.5, 0.6) is 11.5 Å². The topological polar surface area (TPSA) is 85.4 Å². The van der Waals surface area contributed by atoms with Crippen LogP contribution in [0.4, 0.5) is 11.6 Å². The van der Waals surface area contributed by atoms with Gasteiger partial charge < -0.3 is 20.1 Å². The highest BCUT2D eigenvalue weighted by atomic mass is 35.5. The highest BCUT2D eigenvalue weighted by molar-refractivity contribution is 6.30. The van der Waals surface area contributed by atoms with E-state index in [0.29, 0.717) is 35.2 Å². The Morgan fingerprint density at radius 1 is 1.04 bits per heavy atom. The molecule has 0 radical (unpaired) electrons. The fraction of sp³-hybridized carbons (Fsp3) is 0.150. The van der Waals surface area contributed by atoms with Gasteiger partial charge in [-0.1, -0.05) is 23.7 Å². The lowest BCUT2D eigenvalue weighted by molar-refractivity contribution is 0.102. The van der Waals surface area contributed by atoms with Gasteiger partial charge in [-0.25, -0.2) is 9.97 Å². The quantitative estimate of drug-likeness (QED) is 0.659. The largest absolute Gasteiger partial charge is 0.454 e. The maximum Gasteiger partial charge on any atom is 0.258 e. The van der Waals surface area contributed by atoms with Crippen molar-refractivity contribution in [2.75, 3.05) is 24.0 Å².